The van der Waals surface area contributed by atoms with Crippen LogP contribution < -0.4 is 0 Å². The van der Waals surface area contributed by atoms with E-state index >= 15 is 0 Å². The number of nitro groups is 1. The van der Waals surface area contributed by atoms with E-state index < -0.39 is 10.9 Å². The van der Waals surface area contributed by atoms with Crippen molar-refractivity contribution < 1.29 is 19.0 Å². The molecule has 3 aromatic rings. The van der Waals surface area contributed by atoms with E-state index in [0.29, 0.717) is 11.5 Å². The second kappa shape index (κ2) is 7.49. The predicted molar refractivity (Wildman–Crippen MR) is 89.5 cm³/mol. The molecule has 8 nitrogen and oxygen atoms in total. The Kier molecular flexibility index (Phi) is 4.95. The monoisotopic (exact) mass is 357 g/mol. The average molecular weight is 357 g/mol. The van der Waals surface area contributed by atoms with E-state index in [9.17, 15) is 14.9 Å². The maximum atomic E-state index is 11.7. The van der Waals surface area contributed by atoms with Gasteiger partial charge in [0.25, 0.3) is 11.6 Å². The molecular weight excluding hydrogens is 346 g/mol. The van der Waals surface area contributed by atoms with Gasteiger partial charge in [-0.15, -0.1) is 11.3 Å². The first-order chi connectivity index (χ1) is 12.1. The lowest BCUT2D eigenvalue weighted by molar-refractivity contribution is -0.384. The molecule has 0 fully saturated rings. The Morgan fingerprint density at radius 2 is 2.12 bits per heavy atom. The summed E-state index contributed by atoms with van der Waals surface area (Å²) in [7, 11) is 0. The fourth-order valence-electron chi connectivity index (χ4n) is 1.87. The molecule has 2 heterocycles. The zero-order chi connectivity index (χ0) is 17.6. The van der Waals surface area contributed by atoms with Crippen LogP contribution in [0.4, 0.5) is 5.69 Å². The van der Waals surface area contributed by atoms with Crippen molar-refractivity contribution in [2.45, 2.75) is 6.61 Å². The highest BCUT2D eigenvalue weighted by Crippen LogP contribution is 2.22. The van der Waals surface area contributed by atoms with E-state index in [2.05, 4.69) is 10.1 Å². The standard InChI is InChI=1S/C16H11N3O5S/c20-15(8-5-11-3-6-12(7-4-11)19(21)22)23-10-14-17-16(24-18-14)13-2-1-9-25-13/h1-9H,10H2/b8-5+. The molecule has 0 radical (unpaired) electrons. The lowest BCUT2D eigenvalue weighted by atomic mass is 10.2. The molecule has 0 unspecified atom stereocenters. The van der Waals surface area contributed by atoms with Crippen molar-refractivity contribution in [3.8, 4) is 10.8 Å². The van der Waals surface area contributed by atoms with E-state index in [0.717, 1.165) is 4.88 Å². The summed E-state index contributed by atoms with van der Waals surface area (Å²) in [5.41, 5.74) is 0.625. The largest absolute Gasteiger partial charge is 0.454 e. The first-order valence-electron chi connectivity index (χ1n) is 7.07. The number of hydrogen-bond donors (Lipinski definition) is 0. The van der Waals surface area contributed by atoms with Crippen molar-refractivity contribution >= 4 is 29.1 Å². The molecule has 25 heavy (non-hydrogen) atoms. The number of non-ortho nitro benzene ring substituents is 1. The molecular formula is C16H11N3O5S. The van der Waals surface area contributed by atoms with Gasteiger partial charge in [-0.1, -0.05) is 11.2 Å². The highest BCUT2D eigenvalue weighted by Gasteiger charge is 2.10. The van der Waals surface area contributed by atoms with Crippen LogP contribution in [0.15, 0.2) is 52.4 Å². The second-order valence-electron chi connectivity index (χ2n) is 4.78. The van der Waals surface area contributed by atoms with E-state index in [1.54, 1.807) is 0 Å². The van der Waals surface area contributed by atoms with Crippen LogP contribution in [0.25, 0.3) is 16.8 Å². The number of benzene rings is 1. The van der Waals surface area contributed by atoms with Gasteiger partial charge < -0.3 is 9.26 Å². The highest BCUT2D eigenvalue weighted by molar-refractivity contribution is 7.13. The van der Waals surface area contributed by atoms with Gasteiger partial charge in [-0.3, -0.25) is 10.1 Å². The Morgan fingerprint density at radius 1 is 1.32 bits per heavy atom. The first kappa shape index (κ1) is 16.5. The number of hydrogen-bond acceptors (Lipinski definition) is 8. The van der Waals surface area contributed by atoms with Crippen LogP contribution in [-0.2, 0) is 16.1 Å². The van der Waals surface area contributed by atoms with Crippen LogP contribution in [0.2, 0.25) is 0 Å². The van der Waals surface area contributed by atoms with Crippen LogP contribution in [0.3, 0.4) is 0 Å². The van der Waals surface area contributed by atoms with E-state index in [1.165, 1.54) is 47.8 Å². The van der Waals surface area contributed by atoms with Crippen LogP contribution in [-0.4, -0.2) is 21.0 Å². The van der Waals surface area contributed by atoms with Crippen molar-refractivity contribution in [3.63, 3.8) is 0 Å². The zero-order valence-corrected chi connectivity index (χ0v) is 13.5. The lowest BCUT2D eigenvalue weighted by Gasteiger charge is -1.97. The van der Waals surface area contributed by atoms with E-state index in [1.807, 2.05) is 17.5 Å². The molecule has 0 aliphatic carbocycles. The summed E-state index contributed by atoms with van der Waals surface area (Å²) < 4.78 is 10.1. The minimum absolute atomic E-state index is 0.0154. The molecule has 0 saturated heterocycles. The molecule has 2 aromatic heterocycles. The minimum Gasteiger partial charge on any atom is -0.454 e. The first-order valence-corrected chi connectivity index (χ1v) is 7.95. The normalized spacial score (nSPS) is 10.9. The minimum atomic E-state index is -0.583. The second-order valence-corrected chi connectivity index (χ2v) is 5.73. The quantitative estimate of drug-likeness (QED) is 0.288. The van der Waals surface area contributed by atoms with Crippen molar-refractivity contribution in [3.05, 3.63) is 69.4 Å². The topological polar surface area (TPSA) is 108 Å². The van der Waals surface area contributed by atoms with Gasteiger partial charge >= 0.3 is 5.97 Å². The number of nitro benzene ring substituents is 1. The van der Waals surface area contributed by atoms with Crippen LogP contribution in [0.5, 0.6) is 0 Å². The molecule has 0 atom stereocenters. The molecule has 0 saturated carbocycles. The van der Waals surface area contributed by atoms with Crippen LogP contribution in [0, 0.1) is 10.1 Å². The fraction of sp³-hybridized carbons (Fsp3) is 0.0625. The van der Waals surface area contributed by atoms with E-state index in [4.69, 9.17) is 9.26 Å². The number of aromatic nitrogens is 2. The summed E-state index contributed by atoms with van der Waals surface area (Å²) in [6.07, 6.45) is 2.72. The Labute approximate surface area is 145 Å². The Morgan fingerprint density at radius 3 is 2.80 bits per heavy atom. The summed E-state index contributed by atoms with van der Waals surface area (Å²) in [5.74, 6) is 0.0591. The van der Waals surface area contributed by atoms with Gasteiger partial charge in [-0.25, -0.2) is 4.79 Å². The maximum Gasteiger partial charge on any atom is 0.331 e. The van der Waals surface area contributed by atoms with Gasteiger partial charge in [0.1, 0.15) is 0 Å². The molecule has 126 valence electrons. The van der Waals surface area contributed by atoms with E-state index in [-0.39, 0.29) is 18.1 Å². The number of ether oxygens (including phenoxy) is 1. The number of thiophene rings is 1. The van der Waals surface area contributed by atoms with Gasteiger partial charge in [-0.2, -0.15) is 4.98 Å². The molecule has 0 amide bonds. The highest BCUT2D eigenvalue weighted by atomic mass is 32.1. The smallest absolute Gasteiger partial charge is 0.331 e. The number of rotatable bonds is 6. The molecule has 9 heteroatoms. The van der Waals surface area contributed by atoms with Gasteiger partial charge in [-0.05, 0) is 35.2 Å². The van der Waals surface area contributed by atoms with Gasteiger partial charge in [0.2, 0.25) is 5.82 Å². The summed E-state index contributed by atoms with van der Waals surface area (Å²) in [4.78, 5) is 26.8. The molecule has 3 rings (SSSR count). The van der Waals surface area contributed by atoms with Gasteiger partial charge in [0, 0.05) is 18.2 Å². The fourth-order valence-corrected chi connectivity index (χ4v) is 2.51. The predicted octanol–water partition coefficient (Wildman–Crippen LogP) is 3.46. The summed E-state index contributed by atoms with van der Waals surface area (Å²) in [6, 6.07) is 9.50. The molecule has 0 N–H and O–H groups in total. The van der Waals surface area contributed by atoms with Crippen molar-refractivity contribution in [2.75, 3.05) is 0 Å². The van der Waals surface area contributed by atoms with Crippen molar-refractivity contribution in [1.29, 1.82) is 0 Å². The Bertz CT molecular complexity index is 900. The average Bonchev–Trinajstić information content (AvgIpc) is 3.29. The third-order valence-electron chi connectivity index (χ3n) is 3.06. The summed E-state index contributed by atoms with van der Waals surface area (Å²) in [6.45, 7) is -0.113. The van der Waals surface area contributed by atoms with Gasteiger partial charge in [0.05, 0.1) is 9.80 Å². The summed E-state index contributed by atoms with van der Waals surface area (Å²) in [5, 5.41) is 16.2. The molecule has 1 aromatic carbocycles. The SMILES string of the molecule is O=C(/C=C/c1ccc([N+](=O)[O-])cc1)OCc1noc(-c2cccs2)n1. The number of nitrogens with zero attached hydrogens (tertiary/aromatic N) is 3. The zero-order valence-electron chi connectivity index (χ0n) is 12.7. The Balaban J connectivity index is 1.53. The number of carbonyl (C=O) groups excluding carboxylic acids is 1. The maximum absolute atomic E-state index is 11.7. The Hall–Kier alpha value is -3.33. The number of carbonyl (C=O) groups is 1. The molecule has 0 aliphatic heterocycles. The number of esters is 1. The lowest BCUT2D eigenvalue weighted by Crippen LogP contribution is -2.02. The third kappa shape index (κ3) is 4.36. The third-order valence-corrected chi connectivity index (χ3v) is 3.92. The van der Waals surface area contributed by atoms with Crippen molar-refractivity contribution in [2.24, 2.45) is 0 Å². The van der Waals surface area contributed by atoms with Crippen LogP contribution in [0.1, 0.15) is 11.4 Å². The van der Waals surface area contributed by atoms with Gasteiger partial charge in [0.15, 0.2) is 6.61 Å². The molecule has 0 aliphatic rings. The van der Waals surface area contributed by atoms with Crippen molar-refractivity contribution in [1.82, 2.24) is 10.1 Å². The van der Waals surface area contributed by atoms with Crippen LogP contribution >= 0.6 is 11.3 Å². The molecule has 0 spiro atoms. The molecule has 0 bridgehead atoms. The summed E-state index contributed by atoms with van der Waals surface area (Å²) >= 11 is 1.46.